The van der Waals surface area contributed by atoms with Gasteiger partial charge in [-0.15, -0.1) is 5.10 Å². The molecular weight excluding hydrogens is 228 g/mol. The van der Waals surface area contributed by atoms with Gasteiger partial charge in [-0.25, -0.2) is 9.48 Å². The first-order valence-corrected chi connectivity index (χ1v) is 5.97. The molecule has 86 valence electrons. The number of hydrogen-bond acceptors (Lipinski definition) is 5. The van der Waals surface area contributed by atoms with Gasteiger partial charge in [0.15, 0.2) is 0 Å². The standard InChI is InChI=1S/C9H12N4O2S/c1-6(8(14)15)4-5-16-9-10-11-12-13(9)7-2-3-7/h4,7H,2-3,5H2,1H3,(H,14,15). The number of rotatable bonds is 5. The number of aromatic nitrogens is 4. The van der Waals surface area contributed by atoms with Crippen LogP contribution in [0.2, 0.25) is 0 Å². The number of nitrogens with zero attached hydrogens (tertiary/aromatic N) is 4. The van der Waals surface area contributed by atoms with Gasteiger partial charge in [0.2, 0.25) is 5.16 Å². The average molecular weight is 240 g/mol. The van der Waals surface area contributed by atoms with E-state index in [1.807, 2.05) is 4.68 Å². The van der Waals surface area contributed by atoms with E-state index in [4.69, 9.17) is 5.11 Å². The van der Waals surface area contributed by atoms with Crippen molar-refractivity contribution in [1.29, 1.82) is 0 Å². The minimum absolute atomic E-state index is 0.345. The molecule has 0 radical (unpaired) electrons. The SMILES string of the molecule is CC(=CCSc1nnnn1C1CC1)C(=O)O. The number of aliphatic carboxylic acids is 1. The van der Waals surface area contributed by atoms with Crippen LogP contribution in [0.5, 0.6) is 0 Å². The van der Waals surface area contributed by atoms with Crippen LogP contribution >= 0.6 is 11.8 Å². The van der Waals surface area contributed by atoms with E-state index >= 15 is 0 Å². The van der Waals surface area contributed by atoms with Gasteiger partial charge in [-0.05, 0) is 30.2 Å². The summed E-state index contributed by atoms with van der Waals surface area (Å²) in [7, 11) is 0. The summed E-state index contributed by atoms with van der Waals surface area (Å²) in [6.07, 6.45) is 3.92. The van der Waals surface area contributed by atoms with E-state index in [9.17, 15) is 4.79 Å². The third-order valence-corrected chi connectivity index (χ3v) is 3.15. The second-order valence-electron chi connectivity index (χ2n) is 3.64. The molecule has 0 atom stereocenters. The number of thioether (sulfide) groups is 1. The van der Waals surface area contributed by atoms with Gasteiger partial charge < -0.3 is 5.11 Å². The van der Waals surface area contributed by atoms with Gasteiger partial charge >= 0.3 is 5.97 Å². The number of tetrazole rings is 1. The molecule has 1 aliphatic rings. The first kappa shape index (κ1) is 11.1. The summed E-state index contributed by atoms with van der Waals surface area (Å²) < 4.78 is 1.81. The van der Waals surface area contributed by atoms with Gasteiger partial charge in [0.25, 0.3) is 0 Å². The summed E-state index contributed by atoms with van der Waals surface area (Å²) in [5.41, 5.74) is 0.345. The predicted molar refractivity (Wildman–Crippen MR) is 58.2 cm³/mol. The molecular formula is C9H12N4O2S. The Balaban J connectivity index is 1.92. The summed E-state index contributed by atoms with van der Waals surface area (Å²) in [6, 6.07) is 0.446. The molecule has 1 N–H and O–H groups in total. The van der Waals surface area contributed by atoms with Gasteiger partial charge in [0.05, 0.1) is 6.04 Å². The molecule has 1 fully saturated rings. The second kappa shape index (κ2) is 4.65. The Morgan fingerprint density at radius 1 is 1.69 bits per heavy atom. The highest BCUT2D eigenvalue weighted by atomic mass is 32.2. The predicted octanol–water partition coefficient (Wildman–Crippen LogP) is 1.13. The normalized spacial score (nSPS) is 16.4. The van der Waals surface area contributed by atoms with Gasteiger partial charge in [0, 0.05) is 11.3 Å². The van der Waals surface area contributed by atoms with Crippen LogP contribution < -0.4 is 0 Å². The van der Waals surface area contributed by atoms with Crippen molar-refractivity contribution >= 4 is 17.7 Å². The molecule has 1 aromatic rings. The number of carbonyl (C=O) groups is 1. The lowest BCUT2D eigenvalue weighted by Gasteiger charge is -1.99. The van der Waals surface area contributed by atoms with Gasteiger partial charge in [0.1, 0.15) is 0 Å². The first-order valence-electron chi connectivity index (χ1n) is 4.99. The zero-order valence-corrected chi connectivity index (χ0v) is 9.65. The maximum Gasteiger partial charge on any atom is 0.330 e. The molecule has 2 rings (SSSR count). The van der Waals surface area contributed by atoms with E-state index in [-0.39, 0.29) is 0 Å². The highest BCUT2D eigenvalue weighted by Crippen LogP contribution is 2.36. The van der Waals surface area contributed by atoms with Crippen molar-refractivity contribution < 1.29 is 9.90 Å². The van der Waals surface area contributed by atoms with Crippen LogP contribution in [-0.2, 0) is 4.79 Å². The Morgan fingerprint density at radius 3 is 3.06 bits per heavy atom. The molecule has 1 heterocycles. The number of hydrogen-bond donors (Lipinski definition) is 1. The zero-order valence-electron chi connectivity index (χ0n) is 8.83. The first-order chi connectivity index (χ1) is 7.68. The monoisotopic (exact) mass is 240 g/mol. The van der Waals surface area contributed by atoms with Crippen molar-refractivity contribution in [3.05, 3.63) is 11.6 Å². The fourth-order valence-corrected chi connectivity index (χ4v) is 2.05. The number of carboxylic acids is 1. The quantitative estimate of drug-likeness (QED) is 0.613. The molecule has 7 heteroatoms. The Bertz CT molecular complexity index is 425. The van der Waals surface area contributed by atoms with Crippen molar-refractivity contribution in [1.82, 2.24) is 20.2 Å². The van der Waals surface area contributed by atoms with Crippen molar-refractivity contribution in [3.63, 3.8) is 0 Å². The smallest absolute Gasteiger partial charge is 0.330 e. The van der Waals surface area contributed by atoms with Gasteiger partial charge in [-0.3, -0.25) is 0 Å². The zero-order chi connectivity index (χ0) is 11.5. The van der Waals surface area contributed by atoms with Crippen LogP contribution in [0.4, 0.5) is 0 Å². The average Bonchev–Trinajstić information content (AvgIpc) is 2.99. The van der Waals surface area contributed by atoms with Crippen molar-refractivity contribution in [3.8, 4) is 0 Å². The summed E-state index contributed by atoms with van der Waals surface area (Å²) >= 11 is 1.45. The Morgan fingerprint density at radius 2 is 2.44 bits per heavy atom. The fraction of sp³-hybridized carbons (Fsp3) is 0.556. The van der Waals surface area contributed by atoms with E-state index in [1.54, 1.807) is 13.0 Å². The highest BCUT2D eigenvalue weighted by molar-refractivity contribution is 7.99. The molecule has 6 nitrogen and oxygen atoms in total. The van der Waals surface area contributed by atoms with Crippen molar-refractivity contribution in [2.75, 3.05) is 5.75 Å². The second-order valence-corrected chi connectivity index (χ2v) is 4.63. The molecule has 0 unspecified atom stereocenters. The maximum absolute atomic E-state index is 10.6. The Hall–Kier alpha value is -1.37. The molecule has 1 saturated carbocycles. The van der Waals surface area contributed by atoms with E-state index in [0.717, 1.165) is 18.0 Å². The van der Waals surface area contributed by atoms with Crippen LogP contribution in [0, 0.1) is 0 Å². The highest BCUT2D eigenvalue weighted by Gasteiger charge is 2.27. The van der Waals surface area contributed by atoms with E-state index in [0.29, 0.717) is 17.4 Å². The molecule has 0 aliphatic heterocycles. The van der Waals surface area contributed by atoms with E-state index < -0.39 is 5.97 Å². The minimum atomic E-state index is -0.887. The third kappa shape index (κ3) is 2.60. The van der Waals surface area contributed by atoms with E-state index in [2.05, 4.69) is 15.5 Å². The molecule has 0 amide bonds. The molecule has 1 aliphatic carbocycles. The molecule has 0 bridgehead atoms. The van der Waals surface area contributed by atoms with Crippen LogP contribution in [0.15, 0.2) is 16.8 Å². The minimum Gasteiger partial charge on any atom is -0.478 e. The fourth-order valence-electron chi connectivity index (χ4n) is 1.16. The molecule has 0 aromatic carbocycles. The van der Waals surface area contributed by atoms with Crippen LogP contribution in [-0.4, -0.2) is 37.0 Å². The van der Waals surface area contributed by atoms with E-state index in [1.165, 1.54) is 11.8 Å². The largest absolute Gasteiger partial charge is 0.478 e. The molecule has 0 spiro atoms. The summed E-state index contributed by atoms with van der Waals surface area (Å²) in [6.45, 7) is 1.58. The van der Waals surface area contributed by atoms with Crippen LogP contribution in [0.1, 0.15) is 25.8 Å². The lowest BCUT2D eigenvalue weighted by molar-refractivity contribution is -0.132. The van der Waals surface area contributed by atoms with Gasteiger partial charge in [-0.1, -0.05) is 17.8 Å². The van der Waals surface area contributed by atoms with Crippen molar-refractivity contribution in [2.45, 2.75) is 31.0 Å². The van der Waals surface area contributed by atoms with Gasteiger partial charge in [-0.2, -0.15) is 0 Å². The third-order valence-electron chi connectivity index (χ3n) is 2.29. The summed E-state index contributed by atoms with van der Waals surface area (Å²) in [4.78, 5) is 10.6. The Labute approximate surface area is 96.7 Å². The van der Waals surface area contributed by atoms with Crippen LogP contribution in [0.25, 0.3) is 0 Å². The Kier molecular flexibility index (Phi) is 3.23. The number of carboxylic acid groups (broad SMARTS) is 1. The lowest BCUT2D eigenvalue weighted by atomic mass is 10.3. The molecule has 16 heavy (non-hydrogen) atoms. The topological polar surface area (TPSA) is 80.9 Å². The summed E-state index contributed by atoms with van der Waals surface area (Å²) in [5, 5.41) is 20.9. The molecule has 0 saturated heterocycles. The molecule has 1 aromatic heterocycles. The summed E-state index contributed by atoms with van der Waals surface area (Å²) in [5.74, 6) is -0.312. The lowest BCUT2D eigenvalue weighted by Crippen LogP contribution is -1.99. The van der Waals surface area contributed by atoms with Crippen LogP contribution in [0.3, 0.4) is 0 Å². The maximum atomic E-state index is 10.6. The van der Waals surface area contributed by atoms with Crippen molar-refractivity contribution in [2.24, 2.45) is 0 Å².